The molecule has 4 atom stereocenters. The second-order valence-electron chi connectivity index (χ2n) is 7.29. The van der Waals surface area contributed by atoms with E-state index in [1.807, 2.05) is 18.2 Å². The fourth-order valence-corrected chi connectivity index (χ4v) is 4.15. The van der Waals surface area contributed by atoms with Gasteiger partial charge in [-0.1, -0.05) is 36.3 Å². The number of fused-ring (bicyclic) bond motifs is 1. The van der Waals surface area contributed by atoms with Gasteiger partial charge in [0.05, 0.1) is 0 Å². The molecule has 3 rings (SSSR count). The molecule has 1 saturated carbocycles. The van der Waals surface area contributed by atoms with E-state index in [9.17, 15) is 4.79 Å². The first-order valence-corrected chi connectivity index (χ1v) is 9.55. The third kappa shape index (κ3) is 5.12. The molecular weight excluding hydrogens is 324 g/mol. The maximum atomic E-state index is 12.2. The number of carbonyl (C=O) groups excluding carboxylic acids is 1. The molecule has 2 N–H and O–H groups in total. The highest BCUT2D eigenvalue weighted by Gasteiger charge is 2.38. The van der Waals surface area contributed by atoms with Gasteiger partial charge in [0.25, 0.3) is 0 Å². The van der Waals surface area contributed by atoms with E-state index in [0.29, 0.717) is 17.8 Å². The van der Waals surface area contributed by atoms with Crippen molar-refractivity contribution in [2.24, 2.45) is 17.8 Å². The second kappa shape index (κ2) is 9.45. The van der Waals surface area contributed by atoms with Crippen LogP contribution in [0, 0.1) is 30.1 Å². The molecule has 0 spiro atoms. The number of hydrogen-bond acceptors (Lipinski definition) is 4. The zero-order valence-corrected chi connectivity index (χ0v) is 15.2. The molecule has 0 aromatic heterocycles. The monoisotopic (exact) mass is 352 g/mol. The highest BCUT2D eigenvalue weighted by molar-refractivity contribution is 5.72. The van der Waals surface area contributed by atoms with Gasteiger partial charge in [-0.05, 0) is 62.8 Å². The summed E-state index contributed by atoms with van der Waals surface area (Å²) in [7, 11) is 0. The third-order valence-electron chi connectivity index (χ3n) is 5.48. The van der Waals surface area contributed by atoms with Gasteiger partial charge in [-0.2, -0.15) is 0 Å². The molecule has 0 aromatic rings. The molecule has 4 heteroatoms. The summed E-state index contributed by atoms with van der Waals surface area (Å²) in [5.74, 6) is 4.05. The normalized spacial score (nSPS) is 30.3. The van der Waals surface area contributed by atoms with Crippen LogP contribution in [0.25, 0.3) is 0 Å². The Labute approximate surface area is 156 Å². The topological polar surface area (TPSA) is 50.4 Å². The number of terminal acetylenes is 1. The first-order valence-electron chi connectivity index (χ1n) is 9.55. The van der Waals surface area contributed by atoms with Crippen molar-refractivity contribution in [3.8, 4) is 12.3 Å². The van der Waals surface area contributed by atoms with Crippen LogP contribution < -0.4 is 10.6 Å². The van der Waals surface area contributed by atoms with Crippen molar-refractivity contribution in [2.75, 3.05) is 19.6 Å². The van der Waals surface area contributed by atoms with E-state index in [0.717, 1.165) is 44.5 Å². The molecule has 26 heavy (non-hydrogen) atoms. The molecule has 1 heterocycles. The number of hydrogen-bond donors (Lipinski definition) is 2. The highest BCUT2D eigenvalue weighted by atomic mass is 16.5. The SMILES string of the molecule is C#C/C=C\C=C/CC1CC=CC=C1NCC(=O)OC1C[C@H]2CNC[C@H]2C1. The van der Waals surface area contributed by atoms with Crippen LogP contribution in [0.1, 0.15) is 25.7 Å². The summed E-state index contributed by atoms with van der Waals surface area (Å²) >= 11 is 0. The van der Waals surface area contributed by atoms with Gasteiger partial charge in [-0.3, -0.25) is 4.79 Å². The van der Waals surface area contributed by atoms with Gasteiger partial charge < -0.3 is 15.4 Å². The van der Waals surface area contributed by atoms with Crippen LogP contribution in [0.2, 0.25) is 0 Å². The molecule has 2 aliphatic carbocycles. The van der Waals surface area contributed by atoms with Crippen molar-refractivity contribution >= 4 is 5.97 Å². The fourth-order valence-electron chi connectivity index (χ4n) is 4.15. The predicted octanol–water partition coefficient (Wildman–Crippen LogP) is 2.71. The summed E-state index contributed by atoms with van der Waals surface area (Å²) in [5, 5.41) is 6.70. The molecular formula is C22H28N2O2. The number of carbonyl (C=O) groups is 1. The minimum atomic E-state index is -0.148. The maximum Gasteiger partial charge on any atom is 0.325 e. The number of nitrogens with one attached hydrogen (secondary N) is 2. The average Bonchev–Trinajstić information content (AvgIpc) is 3.22. The van der Waals surface area contributed by atoms with E-state index in [1.165, 1.54) is 0 Å². The second-order valence-corrected chi connectivity index (χ2v) is 7.29. The Kier molecular flexibility index (Phi) is 6.74. The summed E-state index contributed by atoms with van der Waals surface area (Å²) in [5.41, 5.74) is 1.10. The molecule has 0 bridgehead atoms. The summed E-state index contributed by atoms with van der Waals surface area (Å²) in [6.45, 7) is 2.38. The molecule has 4 nitrogen and oxygen atoms in total. The number of ether oxygens (including phenoxy) is 1. The van der Waals surface area contributed by atoms with Gasteiger partial charge in [0.2, 0.25) is 0 Å². The molecule has 0 amide bonds. The lowest BCUT2D eigenvalue weighted by atomic mass is 9.93. The summed E-state index contributed by atoms with van der Waals surface area (Å²) < 4.78 is 5.68. The number of esters is 1. The Balaban J connectivity index is 1.42. The third-order valence-corrected chi connectivity index (χ3v) is 5.48. The first-order chi connectivity index (χ1) is 12.8. The lowest BCUT2D eigenvalue weighted by Gasteiger charge is -2.22. The molecule has 0 radical (unpaired) electrons. The summed E-state index contributed by atoms with van der Waals surface area (Å²) in [6, 6.07) is 0. The van der Waals surface area contributed by atoms with Crippen LogP contribution in [0.15, 0.2) is 48.2 Å². The van der Waals surface area contributed by atoms with Crippen LogP contribution in [0.4, 0.5) is 0 Å². The number of rotatable bonds is 7. The van der Waals surface area contributed by atoms with Crippen molar-refractivity contribution in [1.82, 2.24) is 10.6 Å². The van der Waals surface area contributed by atoms with Crippen molar-refractivity contribution in [2.45, 2.75) is 31.8 Å². The van der Waals surface area contributed by atoms with E-state index in [4.69, 9.17) is 11.2 Å². The van der Waals surface area contributed by atoms with Crippen molar-refractivity contribution in [3.63, 3.8) is 0 Å². The smallest absolute Gasteiger partial charge is 0.325 e. The van der Waals surface area contributed by atoms with Crippen LogP contribution in [-0.2, 0) is 9.53 Å². The fraction of sp³-hybridized carbons (Fsp3) is 0.500. The number of allylic oxidation sites excluding steroid dienone is 8. The zero-order valence-electron chi connectivity index (χ0n) is 15.2. The van der Waals surface area contributed by atoms with Gasteiger partial charge in [0, 0.05) is 11.6 Å². The van der Waals surface area contributed by atoms with Crippen molar-refractivity contribution in [3.05, 3.63) is 48.2 Å². The van der Waals surface area contributed by atoms with Crippen LogP contribution in [-0.4, -0.2) is 31.7 Å². The molecule has 3 aliphatic rings. The average molecular weight is 352 g/mol. The van der Waals surface area contributed by atoms with E-state index in [2.05, 4.69) is 34.8 Å². The van der Waals surface area contributed by atoms with Gasteiger partial charge >= 0.3 is 5.97 Å². The lowest BCUT2D eigenvalue weighted by Crippen LogP contribution is -2.30. The van der Waals surface area contributed by atoms with E-state index >= 15 is 0 Å². The van der Waals surface area contributed by atoms with Crippen LogP contribution in [0.3, 0.4) is 0 Å². The molecule has 138 valence electrons. The Bertz CT molecular complexity index is 642. The molecule has 2 fully saturated rings. The van der Waals surface area contributed by atoms with E-state index in [1.54, 1.807) is 6.08 Å². The quantitative estimate of drug-likeness (QED) is 0.420. The highest BCUT2D eigenvalue weighted by Crippen LogP contribution is 2.36. The molecule has 2 unspecified atom stereocenters. The Morgan fingerprint density at radius 2 is 2.15 bits per heavy atom. The molecule has 1 saturated heterocycles. The Hall–Kier alpha value is -2.25. The van der Waals surface area contributed by atoms with Gasteiger partial charge in [-0.15, -0.1) is 6.42 Å². The molecule has 1 aliphatic heterocycles. The molecule has 0 aromatic carbocycles. The van der Waals surface area contributed by atoms with Crippen LogP contribution >= 0.6 is 0 Å². The van der Waals surface area contributed by atoms with Crippen molar-refractivity contribution < 1.29 is 9.53 Å². The van der Waals surface area contributed by atoms with Gasteiger partial charge in [0.1, 0.15) is 12.6 Å². The van der Waals surface area contributed by atoms with Crippen LogP contribution in [0.5, 0.6) is 0 Å². The Morgan fingerprint density at radius 3 is 2.92 bits per heavy atom. The van der Waals surface area contributed by atoms with Gasteiger partial charge in [0.15, 0.2) is 0 Å². The van der Waals surface area contributed by atoms with Gasteiger partial charge in [-0.25, -0.2) is 0 Å². The van der Waals surface area contributed by atoms with E-state index in [-0.39, 0.29) is 18.6 Å². The van der Waals surface area contributed by atoms with Crippen molar-refractivity contribution in [1.29, 1.82) is 0 Å². The lowest BCUT2D eigenvalue weighted by molar-refractivity contribution is -0.147. The maximum absolute atomic E-state index is 12.2. The van der Waals surface area contributed by atoms with E-state index < -0.39 is 0 Å². The summed E-state index contributed by atoms with van der Waals surface area (Å²) in [4.78, 5) is 12.2. The standard InChI is InChI=1S/C22H28N2O2/c1-2-3-4-5-6-9-17-10-7-8-11-21(17)24-16-22(25)26-20-12-18-14-23-15-19(18)13-20/h1,3-8,11,17-20,23-24H,9-10,12-16H2/b4-3-,6-5-/t17?,18-,19+,20?. The predicted molar refractivity (Wildman–Crippen MR) is 104 cm³/mol. The minimum absolute atomic E-state index is 0.100. The summed E-state index contributed by atoms with van der Waals surface area (Å²) in [6.07, 6.45) is 23.0. The Morgan fingerprint density at radius 1 is 1.35 bits per heavy atom. The minimum Gasteiger partial charge on any atom is -0.461 e. The zero-order chi connectivity index (χ0) is 18.2. The first kappa shape index (κ1) is 18.5. The largest absolute Gasteiger partial charge is 0.461 e.